The minimum Gasteiger partial charge on any atom is -0.0912 e. The summed E-state index contributed by atoms with van der Waals surface area (Å²) in [6.45, 7) is 5.97. The van der Waals surface area contributed by atoms with Crippen molar-refractivity contribution in [1.82, 2.24) is 0 Å². The SMILES string of the molecule is C=C(/C=C\C=C/C)c1ccccc1. The maximum Gasteiger partial charge on any atom is -0.0190 e. The third-order valence-electron chi connectivity index (χ3n) is 1.75. The largest absolute Gasteiger partial charge is 0.0912 e. The zero-order valence-electron chi connectivity index (χ0n) is 7.90. The van der Waals surface area contributed by atoms with E-state index in [9.17, 15) is 0 Å². The molecule has 1 aromatic rings. The number of benzene rings is 1. The minimum atomic E-state index is 1.04. The summed E-state index contributed by atoms with van der Waals surface area (Å²) in [5, 5.41) is 0. The third kappa shape index (κ3) is 3.12. The Balaban J connectivity index is 2.70. The molecule has 0 bridgehead atoms. The summed E-state index contributed by atoms with van der Waals surface area (Å²) >= 11 is 0. The maximum absolute atomic E-state index is 3.98. The van der Waals surface area contributed by atoms with E-state index >= 15 is 0 Å². The Morgan fingerprint density at radius 1 is 1.15 bits per heavy atom. The van der Waals surface area contributed by atoms with Gasteiger partial charge in [-0.3, -0.25) is 0 Å². The van der Waals surface area contributed by atoms with Crippen LogP contribution in [0.1, 0.15) is 12.5 Å². The van der Waals surface area contributed by atoms with Crippen LogP contribution < -0.4 is 0 Å². The van der Waals surface area contributed by atoms with Crippen LogP contribution in [0.5, 0.6) is 0 Å². The minimum absolute atomic E-state index is 1.04. The van der Waals surface area contributed by atoms with Gasteiger partial charge in [0.2, 0.25) is 0 Å². The highest BCUT2D eigenvalue weighted by molar-refractivity contribution is 5.72. The van der Waals surface area contributed by atoms with Gasteiger partial charge >= 0.3 is 0 Å². The quantitative estimate of drug-likeness (QED) is 0.605. The molecular weight excluding hydrogens is 156 g/mol. The van der Waals surface area contributed by atoms with E-state index in [1.807, 2.05) is 49.4 Å². The summed E-state index contributed by atoms with van der Waals surface area (Å²) in [6, 6.07) is 10.2. The molecule has 0 atom stereocenters. The van der Waals surface area contributed by atoms with Crippen molar-refractivity contribution >= 4 is 5.57 Å². The first-order valence-electron chi connectivity index (χ1n) is 4.38. The Bertz CT molecular complexity index is 315. The molecule has 0 amide bonds. The lowest BCUT2D eigenvalue weighted by Gasteiger charge is -1.97. The van der Waals surface area contributed by atoms with Crippen molar-refractivity contribution in [3.8, 4) is 0 Å². The van der Waals surface area contributed by atoms with Gasteiger partial charge in [-0.1, -0.05) is 61.2 Å². The van der Waals surface area contributed by atoms with Crippen molar-refractivity contribution in [1.29, 1.82) is 0 Å². The fourth-order valence-electron chi connectivity index (χ4n) is 1.03. The Morgan fingerprint density at radius 2 is 1.85 bits per heavy atom. The second-order valence-electron chi connectivity index (χ2n) is 2.78. The Labute approximate surface area is 79.9 Å². The second kappa shape index (κ2) is 5.15. The molecule has 66 valence electrons. The van der Waals surface area contributed by atoms with E-state index in [0.717, 1.165) is 5.57 Å². The van der Waals surface area contributed by atoms with Crippen LogP contribution in [-0.2, 0) is 0 Å². The number of allylic oxidation sites excluding steroid dienone is 5. The van der Waals surface area contributed by atoms with Gasteiger partial charge in [-0.05, 0) is 18.1 Å². The molecular formula is C13H14. The molecule has 0 saturated carbocycles. The first-order chi connectivity index (χ1) is 6.34. The lowest BCUT2D eigenvalue weighted by atomic mass is 10.1. The predicted octanol–water partition coefficient (Wildman–Crippen LogP) is 3.83. The summed E-state index contributed by atoms with van der Waals surface area (Å²) in [5.41, 5.74) is 2.21. The van der Waals surface area contributed by atoms with E-state index in [2.05, 4.69) is 18.7 Å². The van der Waals surface area contributed by atoms with Crippen LogP contribution in [0.25, 0.3) is 5.57 Å². The van der Waals surface area contributed by atoms with Gasteiger partial charge in [0.25, 0.3) is 0 Å². The highest BCUT2D eigenvalue weighted by Crippen LogP contribution is 2.12. The monoisotopic (exact) mass is 170 g/mol. The molecule has 0 heteroatoms. The van der Waals surface area contributed by atoms with Crippen molar-refractivity contribution in [3.63, 3.8) is 0 Å². The Kier molecular flexibility index (Phi) is 3.77. The van der Waals surface area contributed by atoms with E-state index in [1.54, 1.807) is 0 Å². The molecule has 0 aromatic heterocycles. The molecule has 0 N–H and O–H groups in total. The average molecular weight is 170 g/mol. The topological polar surface area (TPSA) is 0 Å². The van der Waals surface area contributed by atoms with Gasteiger partial charge in [-0.2, -0.15) is 0 Å². The van der Waals surface area contributed by atoms with Gasteiger partial charge < -0.3 is 0 Å². The van der Waals surface area contributed by atoms with Crippen LogP contribution in [0.2, 0.25) is 0 Å². The van der Waals surface area contributed by atoms with Gasteiger partial charge in [-0.25, -0.2) is 0 Å². The Morgan fingerprint density at radius 3 is 2.46 bits per heavy atom. The molecule has 1 rings (SSSR count). The lowest BCUT2D eigenvalue weighted by molar-refractivity contribution is 1.63. The first kappa shape index (κ1) is 9.53. The number of hydrogen-bond donors (Lipinski definition) is 0. The van der Waals surface area contributed by atoms with Crippen molar-refractivity contribution in [3.05, 3.63) is 66.8 Å². The fourth-order valence-corrected chi connectivity index (χ4v) is 1.03. The van der Waals surface area contributed by atoms with E-state index in [1.165, 1.54) is 5.56 Å². The molecule has 0 saturated heterocycles. The first-order valence-corrected chi connectivity index (χ1v) is 4.38. The zero-order chi connectivity index (χ0) is 9.52. The second-order valence-corrected chi connectivity index (χ2v) is 2.78. The van der Waals surface area contributed by atoms with Gasteiger partial charge in [0.15, 0.2) is 0 Å². The zero-order valence-corrected chi connectivity index (χ0v) is 7.90. The Hall–Kier alpha value is -1.56. The van der Waals surface area contributed by atoms with Crippen LogP contribution in [0, 0.1) is 0 Å². The molecule has 13 heavy (non-hydrogen) atoms. The highest BCUT2D eigenvalue weighted by atomic mass is 13.9. The van der Waals surface area contributed by atoms with Crippen molar-refractivity contribution in [2.75, 3.05) is 0 Å². The molecule has 0 nitrogen and oxygen atoms in total. The molecule has 0 aliphatic carbocycles. The highest BCUT2D eigenvalue weighted by Gasteiger charge is 1.90. The van der Waals surface area contributed by atoms with E-state index in [4.69, 9.17) is 0 Å². The maximum atomic E-state index is 3.98. The average Bonchev–Trinajstić information content (AvgIpc) is 2.19. The van der Waals surface area contributed by atoms with Crippen LogP contribution in [0.3, 0.4) is 0 Å². The number of hydrogen-bond acceptors (Lipinski definition) is 0. The van der Waals surface area contributed by atoms with Crippen molar-refractivity contribution < 1.29 is 0 Å². The molecule has 0 aliphatic heterocycles. The van der Waals surface area contributed by atoms with E-state index < -0.39 is 0 Å². The summed E-state index contributed by atoms with van der Waals surface area (Å²) in [5.74, 6) is 0. The van der Waals surface area contributed by atoms with Crippen LogP contribution in [0.15, 0.2) is 61.2 Å². The van der Waals surface area contributed by atoms with Crippen LogP contribution in [-0.4, -0.2) is 0 Å². The molecule has 0 heterocycles. The van der Waals surface area contributed by atoms with Crippen LogP contribution >= 0.6 is 0 Å². The van der Waals surface area contributed by atoms with Gasteiger partial charge in [0.05, 0.1) is 0 Å². The molecule has 1 aromatic carbocycles. The summed E-state index contributed by atoms with van der Waals surface area (Å²) in [4.78, 5) is 0. The molecule has 0 unspecified atom stereocenters. The predicted molar refractivity (Wildman–Crippen MR) is 59.4 cm³/mol. The lowest BCUT2D eigenvalue weighted by Crippen LogP contribution is -1.75. The third-order valence-corrected chi connectivity index (χ3v) is 1.75. The molecule has 0 aliphatic rings. The summed E-state index contributed by atoms with van der Waals surface area (Å²) in [6.07, 6.45) is 7.99. The summed E-state index contributed by atoms with van der Waals surface area (Å²) in [7, 11) is 0. The molecule has 0 fully saturated rings. The van der Waals surface area contributed by atoms with Gasteiger partial charge in [0, 0.05) is 0 Å². The number of rotatable bonds is 3. The van der Waals surface area contributed by atoms with Crippen molar-refractivity contribution in [2.24, 2.45) is 0 Å². The summed E-state index contributed by atoms with van der Waals surface area (Å²) < 4.78 is 0. The fraction of sp³-hybridized carbons (Fsp3) is 0.0769. The van der Waals surface area contributed by atoms with Crippen molar-refractivity contribution in [2.45, 2.75) is 6.92 Å². The standard InChI is InChI=1S/C13H14/c1-3-4-6-9-12(2)13-10-7-5-8-11-13/h3-11H,2H2,1H3/b4-3-,9-6-. The van der Waals surface area contributed by atoms with Crippen LogP contribution in [0.4, 0.5) is 0 Å². The van der Waals surface area contributed by atoms with E-state index in [-0.39, 0.29) is 0 Å². The van der Waals surface area contributed by atoms with Gasteiger partial charge in [0.1, 0.15) is 0 Å². The molecule has 0 radical (unpaired) electrons. The molecule has 0 spiro atoms. The van der Waals surface area contributed by atoms with Gasteiger partial charge in [-0.15, -0.1) is 0 Å². The van der Waals surface area contributed by atoms with E-state index in [0.29, 0.717) is 0 Å². The smallest absolute Gasteiger partial charge is 0.0190 e. The normalized spacial score (nSPS) is 11.2.